The number of imidazole rings is 1. The molecule has 0 aliphatic carbocycles. The smallest absolute Gasteiger partial charge is 0.132 e. The molecule has 0 fully saturated rings. The van der Waals surface area contributed by atoms with Crippen molar-refractivity contribution in [1.82, 2.24) is 19.9 Å². The highest BCUT2D eigenvalue weighted by molar-refractivity contribution is 9.10. The quantitative estimate of drug-likeness (QED) is 0.941. The molecule has 1 N–H and O–H groups in total. The predicted molar refractivity (Wildman–Crippen MR) is 70.7 cm³/mol. The highest BCUT2D eigenvalue weighted by atomic mass is 79.9. The van der Waals surface area contributed by atoms with E-state index >= 15 is 0 Å². The molecule has 0 amide bonds. The first-order valence-corrected chi connectivity index (χ1v) is 6.35. The van der Waals surface area contributed by atoms with Crippen LogP contribution in [0, 0.1) is 0 Å². The maximum Gasteiger partial charge on any atom is 0.132 e. The second kappa shape index (κ2) is 5.42. The van der Waals surface area contributed by atoms with Gasteiger partial charge in [0.05, 0.1) is 5.69 Å². The second-order valence-corrected chi connectivity index (χ2v) is 4.61. The van der Waals surface area contributed by atoms with Crippen LogP contribution < -0.4 is 5.32 Å². The fourth-order valence-corrected chi connectivity index (χ4v) is 2.05. The second-order valence-electron chi connectivity index (χ2n) is 3.69. The average molecular weight is 295 g/mol. The molecule has 0 aliphatic heterocycles. The van der Waals surface area contributed by atoms with Crippen LogP contribution in [0.2, 0.25) is 0 Å². The Morgan fingerprint density at radius 3 is 2.82 bits per heavy atom. The number of aryl methyl sites for hydroxylation is 1. The lowest BCUT2D eigenvalue weighted by molar-refractivity contribution is 0.579. The van der Waals surface area contributed by atoms with Crippen molar-refractivity contribution in [2.45, 2.75) is 19.5 Å². The lowest BCUT2D eigenvalue weighted by Gasteiger charge is -2.16. The van der Waals surface area contributed by atoms with Gasteiger partial charge in [-0.15, -0.1) is 0 Å². The first kappa shape index (κ1) is 12.3. The van der Waals surface area contributed by atoms with E-state index in [1.807, 2.05) is 31.6 Å². The number of nitrogens with zero attached hydrogens (tertiary/aromatic N) is 3. The van der Waals surface area contributed by atoms with Crippen LogP contribution in [0.5, 0.6) is 0 Å². The molecule has 2 aromatic rings. The first-order chi connectivity index (χ1) is 8.26. The van der Waals surface area contributed by atoms with E-state index in [1.54, 1.807) is 6.20 Å². The van der Waals surface area contributed by atoms with Crippen LogP contribution in [-0.2, 0) is 6.54 Å². The van der Waals surface area contributed by atoms with Crippen LogP contribution in [-0.4, -0.2) is 21.6 Å². The van der Waals surface area contributed by atoms with E-state index in [9.17, 15) is 0 Å². The van der Waals surface area contributed by atoms with E-state index < -0.39 is 0 Å². The summed E-state index contributed by atoms with van der Waals surface area (Å²) in [5, 5.41) is 3.25. The molecule has 2 rings (SSSR count). The molecule has 4 nitrogen and oxygen atoms in total. The van der Waals surface area contributed by atoms with E-state index in [1.165, 1.54) is 0 Å². The Labute approximate surface area is 109 Å². The summed E-state index contributed by atoms with van der Waals surface area (Å²) in [5.41, 5.74) is 0.969. The van der Waals surface area contributed by atoms with Crippen LogP contribution in [0.1, 0.15) is 24.5 Å². The van der Waals surface area contributed by atoms with Crippen molar-refractivity contribution in [3.8, 4) is 0 Å². The molecule has 1 unspecified atom stereocenters. The van der Waals surface area contributed by atoms with E-state index in [2.05, 4.69) is 42.7 Å². The molecule has 2 heterocycles. The van der Waals surface area contributed by atoms with Gasteiger partial charge in [0.15, 0.2) is 0 Å². The number of halogens is 1. The molecule has 0 radical (unpaired) electrons. The topological polar surface area (TPSA) is 42.7 Å². The summed E-state index contributed by atoms with van der Waals surface area (Å²) in [5.74, 6) is 0.991. The van der Waals surface area contributed by atoms with Crippen molar-refractivity contribution in [2.24, 2.45) is 0 Å². The van der Waals surface area contributed by atoms with E-state index in [4.69, 9.17) is 0 Å². The highest BCUT2D eigenvalue weighted by Crippen LogP contribution is 2.19. The fraction of sp³-hybridized carbons (Fsp3) is 0.333. The van der Waals surface area contributed by atoms with Gasteiger partial charge >= 0.3 is 0 Å². The molecule has 0 saturated carbocycles. The molecule has 0 aliphatic rings. The molecule has 17 heavy (non-hydrogen) atoms. The van der Waals surface area contributed by atoms with Gasteiger partial charge in [0.25, 0.3) is 0 Å². The zero-order valence-corrected chi connectivity index (χ0v) is 11.5. The van der Waals surface area contributed by atoms with Gasteiger partial charge in [-0.3, -0.25) is 4.98 Å². The predicted octanol–water partition coefficient (Wildman–Crippen LogP) is 2.37. The molecule has 0 aromatic carbocycles. The molecule has 1 atom stereocenters. The molecule has 0 spiro atoms. The van der Waals surface area contributed by atoms with Crippen molar-refractivity contribution < 1.29 is 0 Å². The maximum atomic E-state index is 4.42. The fourth-order valence-electron chi connectivity index (χ4n) is 1.82. The normalized spacial score (nSPS) is 12.6. The van der Waals surface area contributed by atoms with Crippen molar-refractivity contribution in [3.63, 3.8) is 0 Å². The minimum absolute atomic E-state index is 0.0260. The molecule has 2 aromatic heterocycles. The number of pyridine rings is 1. The Morgan fingerprint density at radius 2 is 2.24 bits per heavy atom. The van der Waals surface area contributed by atoms with E-state index in [-0.39, 0.29) is 6.04 Å². The minimum atomic E-state index is 0.0260. The number of rotatable bonds is 4. The van der Waals surface area contributed by atoms with Crippen LogP contribution in [0.4, 0.5) is 0 Å². The van der Waals surface area contributed by atoms with Gasteiger partial charge in [-0.05, 0) is 42.0 Å². The summed E-state index contributed by atoms with van der Waals surface area (Å²) in [4.78, 5) is 8.82. The average Bonchev–Trinajstić information content (AvgIpc) is 2.81. The number of hydrogen-bond donors (Lipinski definition) is 1. The molecular formula is C12H15BrN4. The zero-order valence-electron chi connectivity index (χ0n) is 9.89. The Hall–Kier alpha value is -1.20. The maximum absolute atomic E-state index is 4.42. The highest BCUT2D eigenvalue weighted by Gasteiger charge is 2.17. The van der Waals surface area contributed by atoms with Crippen molar-refractivity contribution in [1.29, 1.82) is 0 Å². The third-order valence-electron chi connectivity index (χ3n) is 2.68. The number of aromatic nitrogens is 3. The molecular weight excluding hydrogens is 280 g/mol. The summed E-state index contributed by atoms with van der Waals surface area (Å²) in [6.07, 6.45) is 5.61. The Bertz CT molecular complexity index is 478. The van der Waals surface area contributed by atoms with Gasteiger partial charge in [-0.2, -0.15) is 0 Å². The lowest BCUT2D eigenvalue weighted by Crippen LogP contribution is -2.22. The summed E-state index contributed by atoms with van der Waals surface area (Å²) in [6, 6.07) is 4.02. The Morgan fingerprint density at radius 1 is 1.41 bits per heavy atom. The SMILES string of the molecule is CCn1ccnc1C(NC)c1ccc(Br)cn1. The Balaban J connectivity index is 2.36. The third kappa shape index (κ3) is 2.56. The molecule has 0 bridgehead atoms. The lowest BCUT2D eigenvalue weighted by atomic mass is 10.2. The monoisotopic (exact) mass is 294 g/mol. The molecule has 90 valence electrons. The van der Waals surface area contributed by atoms with Crippen LogP contribution in [0.15, 0.2) is 35.2 Å². The van der Waals surface area contributed by atoms with Crippen LogP contribution in [0.3, 0.4) is 0 Å². The van der Waals surface area contributed by atoms with Crippen molar-refractivity contribution in [3.05, 3.63) is 46.7 Å². The van der Waals surface area contributed by atoms with Gasteiger partial charge in [-0.1, -0.05) is 0 Å². The standard InChI is InChI=1S/C12H15BrN4/c1-3-17-7-6-15-12(17)11(14-2)10-5-4-9(13)8-16-10/h4-8,11,14H,3H2,1-2H3. The summed E-state index contributed by atoms with van der Waals surface area (Å²) in [7, 11) is 1.92. The van der Waals surface area contributed by atoms with Crippen molar-refractivity contribution in [2.75, 3.05) is 7.05 Å². The minimum Gasteiger partial charge on any atom is -0.334 e. The third-order valence-corrected chi connectivity index (χ3v) is 3.15. The Kier molecular flexibility index (Phi) is 3.91. The summed E-state index contributed by atoms with van der Waals surface area (Å²) >= 11 is 3.39. The zero-order chi connectivity index (χ0) is 12.3. The van der Waals surface area contributed by atoms with Gasteiger partial charge in [-0.25, -0.2) is 4.98 Å². The molecule has 5 heteroatoms. The van der Waals surface area contributed by atoms with Crippen molar-refractivity contribution >= 4 is 15.9 Å². The van der Waals surface area contributed by atoms with Crippen LogP contribution >= 0.6 is 15.9 Å². The van der Waals surface area contributed by atoms with Gasteiger partial charge < -0.3 is 9.88 Å². The number of nitrogens with one attached hydrogen (secondary N) is 1. The summed E-state index contributed by atoms with van der Waals surface area (Å²) in [6.45, 7) is 3.01. The number of hydrogen-bond acceptors (Lipinski definition) is 3. The molecule has 0 saturated heterocycles. The van der Waals surface area contributed by atoms with Crippen LogP contribution in [0.25, 0.3) is 0 Å². The largest absolute Gasteiger partial charge is 0.334 e. The summed E-state index contributed by atoms with van der Waals surface area (Å²) < 4.78 is 3.10. The van der Waals surface area contributed by atoms with Gasteiger partial charge in [0.1, 0.15) is 11.9 Å². The van der Waals surface area contributed by atoms with E-state index in [0.717, 1.165) is 22.5 Å². The first-order valence-electron chi connectivity index (χ1n) is 5.56. The van der Waals surface area contributed by atoms with Gasteiger partial charge in [0.2, 0.25) is 0 Å². The van der Waals surface area contributed by atoms with E-state index in [0.29, 0.717) is 0 Å². The van der Waals surface area contributed by atoms with Gasteiger partial charge in [0, 0.05) is 29.6 Å².